The molecule has 0 heterocycles. The molecule has 0 aromatic carbocycles. The van der Waals surface area contributed by atoms with Crippen LogP contribution in [0.4, 0.5) is 8.78 Å². The number of halogens is 2. The first kappa shape index (κ1) is 18.6. The molecule has 3 unspecified atom stereocenters. The van der Waals surface area contributed by atoms with E-state index in [1.165, 1.54) is 0 Å². The van der Waals surface area contributed by atoms with Gasteiger partial charge in [0.25, 0.3) is 20.2 Å². The lowest BCUT2D eigenvalue weighted by atomic mass is 9.91. The van der Waals surface area contributed by atoms with E-state index in [1.54, 1.807) is 0 Å². The maximum atomic E-state index is 13.7. The molecule has 0 amide bonds. The van der Waals surface area contributed by atoms with Crippen LogP contribution in [0.25, 0.3) is 0 Å². The van der Waals surface area contributed by atoms with E-state index in [2.05, 4.69) is 0 Å². The smallest absolute Gasteiger partial charge is 0.273 e. The third-order valence-corrected chi connectivity index (χ3v) is 4.44. The van der Waals surface area contributed by atoms with Crippen molar-refractivity contribution in [2.24, 2.45) is 0 Å². The second-order valence-corrected chi connectivity index (χ2v) is 6.94. The predicted molar refractivity (Wildman–Crippen MR) is 59.3 cm³/mol. The standard InChI is InChI=1S/C7H14F2O8S2/c8-3-6(19(15,16)17)7(11,1-2-10)5(9)4-18(12,13)14/h5-6,10-11H,1-4H2,(H,12,13,14)(H,15,16,17). The molecule has 3 atom stereocenters. The van der Waals surface area contributed by atoms with Crippen molar-refractivity contribution in [2.75, 3.05) is 19.0 Å². The summed E-state index contributed by atoms with van der Waals surface area (Å²) in [6, 6.07) is 0. The van der Waals surface area contributed by atoms with Crippen molar-refractivity contribution in [3.8, 4) is 0 Å². The molecule has 0 spiro atoms. The first-order valence-corrected chi connectivity index (χ1v) is 7.94. The first-order valence-electron chi connectivity index (χ1n) is 4.83. The minimum Gasteiger partial charge on any atom is -0.396 e. The molecule has 0 bridgehead atoms. The van der Waals surface area contributed by atoms with Crippen molar-refractivity contribution in [2.45, 2.75) is 23.4 Å². The van der Waals surface area contributed by atoms with E-state index in [-0.39, 0.29) is 0 Å². The van der Waals surface area contributed by atoms with Gasteiger partial charge in [-0.25, -0.2) is 8.78 Å². The van der Waals surface area contributed by atoms with E-state index < -0.39 is 62.7 Å². The third kappa shape index (κ3) is 5.24. The van der Waals surface area contributed by atoms with Gasteiger partial charge in [-0.2, -0.15) is 16.8 Å². The lowest BCUT2D eigenvalue weighted by molar-refractivity contribution is -0.0518. The Kier molecular flexibility index (Phi) is 6.23. The van der Waals surface area contributed by atoms with Crippen LogP contribution < -0.4 is 0 Å². The monoisotopic (exact) mass is 328 g/mol. The zero-order chi connectivity index (χ0) is 15.5. The highest BCUT2D eigenvalue weighted by molar-refractivity contribution is 7.86. The van der Waals surface area contributed by atoms with Crippen LogP contribution in [-0.2, 0) is 20.2 Å². The molecule has 0 aliphatic rings. The van der Waals surface area contributed by atoms with Gasteiger partial charge in [0.15, 0.2) is 0 Å². The maximum Gasteiger partial charge on any atom is 0.273 e. The van der Waals surface area contributed by atoms with Crippen molar-refractivity contribution in [1.82, 2.24) is 0 Å². The molecular formula is C7H14F2O8S2. The van der Waals surface area contributed by atoms with Gasteiger partial charge < -0.3 is 10.2 Å². The van der Waals surface area contributed by atoms with Gasteiger partial charge in [-0.05, 0) is 0 Å². The van der Waals surface area contributed by atoms with Gasteiger partial charge in [-0.3, -0.25) is 9.11 Å². The van der Waals surface area contributed by atoms with E-state index in [0.29, 0.717) is 0 Å². The highest BCUT2D eigenvalue weighted by Crippen LogP contribution is 2.29. The third-order valence-electron chi connectivity index (χ3n) is 2.47. The summed E-state index contributed by atoms with van der Waals surface area (Å²) >= 11 is 0. The number of aliphatic hydroxyl groups excluding tert-OH is 1. The van der Waals surface area contributed by atoms with Crippen LogP contribution in [0.2, 0.25) is 0 Å². The normalized spacial score (nSPS) is 19.7. The van der Waals surface area contributed by atoms with Crippen molar-refractivity contribution < 1.29 is 44.9 Å². The molecule has 0 aromatic rings. The largest absolute Gasteiger partial charge is 0.396 e. The Balaban J connectivity index is 5.57. The Morgan fingerprint density at radius 1 is 1.16 bits per heavy atom. The summed E-state index contributed by atoms with van der Waals surface area (Å²) in [5.74, 6) is -1.71. The van der Waals surface area contributed by atoms with Gasteiger partial charge in [0.05, 0.1) is 0 Å². The van der Waals surface area contributed by atoms with E-state index >= 15 is 0 Å². The summed E-state index contributed by atoms with van der Waals surface area (Å²) < 4.78 is 86.1. The molecular weight excluding hydrogens is 314 g/mol. The average Bonchev–Trinajstić information content (AvgIpc) is 2.13. The molecule has 8 nitrogen and oxygen atoms in total. The Bertz CT molecular complexity index is 489. The summed E-state index contributed by atoms with van der Waals surface area (Å²) in [4.78, 5) is 0. The number of rotatable bonds is 8. The van der Waals surface area contributed by atoms with Crippen molar-refractivity contribution in [1.29, 1.82) is 0 Å². The minimum atomic E-state index is -5.25. The summed E-state index contributed by atoms with van der Waals surface area (Å²) in [5.41, 5.74) is -3.20. The summed E-state index contributed by atoms with van der Waals surface area (Å²) in [5, 5.41) is 15.7. The molecule has 0 aliphatic carbocycles. The van der Waals surface area contributed by atoms with Crippen LogP contribution in [0.5, 0.6) is 0 Å². The average molecular weight is 328 g/mol. The highest BCUT2D eigenvalue weighted by Gasteiger charge is 2.51. The quantitative estimate of drug-likeness (QED) is 0.395. The van der Waals surface area contributed by atoms with Gasteiger partial charge in [0.2, 0.25) is 0 Å². The molecule has 0 saturated carbocycles. The summed E-state index contributed by atoms with van der Waals surface area (Å²) in [6.07, 6.45) is -3.99. The van der Waals surface area contributed by atoms with Gasteiger partial charge in [0, 0.05) is 13.0 Å². The van der Waals surface area contributed by atoms with Crippen LogP contribution in [0, 0.1) is 0 Å². The molecule has 0 radical (unpaired) electrons. The summed E-state index contributed by atoms with van der Waals surface area (Å²) in [7, 11) is -10.2. The predicted octanol–water partition coefficient (Wildman–Crippen LogP) is -1.45. The number of alkyl halides is 2. The zero-order valence-corrected chi connectivity index (χ0v) is 11.1. The lowest BCUT2D eigenvalue weighted by Crippen LogP contribution is -2.57. The van der Waals surface area contributed by atoms with Crippen molar-refractivity contribution in [3.05, 3.63) is 0 Å². The Labute approximate surface area is 108 Å². The van der Waals surface area contributed by atoms with Crippen LogP contribution in [-0.4, -0.2) is 72.2 Å². The molecule has 12 heteroatoms. The van der Waals surface area contributed by atoms with E-state index in [1.807, 2.05) is 0 Å². The molecule has 0 fully saturated rings. The number of hydrogen-bond acceptors (Lipinski definition) is 6. The van der Waals surface area contributed by atoms with Crippen LogP contribution in [0.15, 0.2) is 0 Å². The minimum absolute atomic E-state index is 1.01. The second-order valence-electron chi connectivity index (χ2n) is 3.84. The van der Waals surface area contributed by atoms with Gasteiger partial charge >= 0.3 is 0 Å². The number of aliphatic hydroxyl groups is 2. The Hall–Kier alpha value is -0.400. The maximum absolute atomic E-state index is 13.7. The van der Waals surface area contributed by atoms with Gasteiger partial charge in [-0.15, -0.1) is 0 Å². The highest BCUT2D eigenvalue weighted by atomic mass is 32.2. The molecule has 0 aromatic heterocycles. The molecule has 0 rings (SSSR count). The SMILES string of the molecule is O=S(=O)(O)CC(F)C(O)(CCO)C(CF)S(=O)(=O)O. The van der Waals surface area contributed by atoms with Crippen molar-refractivity contribution >= 4 is 20.2 Å². The topological polar surface area (TPSA) is 149 Å². The van der Waals surface area contributed by atoms with Crippen LogP contribution in [0.3, 0.4) is 0 Å². The first-order chi connectivity index (χ1) is 8.38. The van der Waals surface area contributed by atoms with Crippen LogP contribution in [0.1, 0.15) is 6.42 Å². The van der Waals surface area contributed by atoms with Crippen LogP contribution >= 0.6 is 0 Å². The fourth-order valence-corrected chi connectivity index (χ4v) is 3.10. The summed E-state index contributed by atoms with van der Waals surface area (Å²) in [6.45, 7) is -2.92. The molecule has 19 heavy (non-hydrogen) atoms. The molecule has 4 N–H and O–H groups in total. The fourth-order valence-electron chi connectivity index (χ4n) is 1.50. The molecule has 116 valence electrons. The fraction of sp³-hybridized carbons (Fsp3) is 1.00. The lowest BCUT2D eigenvalue weighted by Gasteiger charge is -2.34. The Morgan fingerprint density at radius 3 is 1.89 bits per heavy atom. The van der Waals surface area contributed by atoms with Gasteiger partial charge in [0.1, 0.15) is 29.5 Å². The molecule has 0 saturated heterocycles. The second kappa shape index (κ2) is 6.37. The molecule has 0 aliphatic heterocycles. The van der Waals surface area contributed by atoms with E-state index in [0.717, 1.165) is 0 Å². The van der Waals surface area contributed by atoms with E-state index in [4.69, 9.17) is 14.2 Å². The van der Waals surface area contributed by atoms with Gasteiger partial charge in [-0.1, -0.05) is 0 Å². The number of hydrogen-bond donors (Lipinski definition) is 4. The van der Waals surface area contributed by atoms with Crippen molar-refractivity contribution in [3.63, 3.8) is 0 Å². The Morgan fingerprint density at radius 2 is 1.63 bits per heavy atom. The van der Waals surface area contributed by atoms with E-state index in [9.17, 15) is 30.7 Å². The zero-order valence-electron chi connectivity index (χ0n) is 9.48.